The molecule has 0 fully saturated rings. The highest BCUT2D eigenvalue weighted by Crippen LogP contribution is 2.22. The summed E-state index contributed by atoms with van der Waals surface area (Å²) in [7, 11) is -1.33. The highest BCUT2D eigenvalue weighted by Gasteiger charge is 2.14. The predicted octanol–water partition coefficient (Wildman–Crippen LogP) is 3.40. The molecule has 0 radical (unpaired) electrons. The van der Waals surface area contributed by atoms with Crippen molar-refractivity contribution in [1.29, 1.82) is 0 Å². The van der Waals surface area contributed by atoms with Gasteiger partial charge in [-0.05, 0) is 37.6 Å². The minimum atomic E-state index is -1.33. The lowest BCUT2D eigenvalue weighted by Gasteiger charge is -2.04. The van der Waals surface area contributed by atoms with Gasteiger partial charge in [0.15, 0.2) is 5.76 Å². The van der Waals surface area contributed by atoms with Crippen LogP contribution >= 0.6 is 11.6 Å². The fourth-order valence-corrected chi connectivity index (χ4v) is 3.50. The summed E-state index contributed by atoms with van der Waals surface area (Å²) in [5.41, 5.74) is 0. The summed E-state index contributed by atoms with van der Waals surface area (Å²) in [5.74, 6) is 0.563. The molecule has 0 aliphatic carbocycles. The van der Waals surface area contributed by atoms with Gasteiger partial charge in [0.05, 0.1) is 26.5 Å². The molecule has 0 bridgehead atoms. The quantitative estimate of drug-likeness (QED) is 0.688. The molecule has 7 heteroatoms. The zero-order chi connectivity index (χ0) is 17.4. The van der Waals surface area contributed by atoms with Gasteiger partial charge in [-0.1, -0.05) is 23.7 Å². The first kappa shape index (κ1) is 18.7. The van der Waals surface area contributed by atoms with Gasteiger partial charge in [-0.15, -0.1) is 0 Å². The lowest BCUT2D eigenvalue weighted by molar-refractivity contribution is 0.0915. The Bertz CT molecular complexity index is 701. The third kappa shape index (κ3) is 5.47. The molecule has 0 aliphatic heterocycles. The second kappa shape index (κ2) is 9.61. The first-order chi connectivity index (χ1) is 11.6. The molecule has 2 rings (SSSR count). The van der Waals surface area contributed by atoms with Crippen molar-refractivity contribution >= 4 is 28.3 Å². The van der Waals surface area contributed by atoms with Crippen molar-refractivity contribution in [2.45, 2.75) is 24.0 Å². The zero-order valence-electron chi connectivity index (χ0n) is 13.4. The van der Waals surface area contributed by atoms with Crippen molar-refractivity contribution in [2.24, 2.45) is 0 Å². The Morgan fingerprint density at radius 2 is 2.08 bits per heavy atom. The van der Waals surface area contributed by atoms with Crippen LogP contribution in [-0.2, 0) is 21.3 Å². The number of hydrogen-bond acceptors (Lipinski definition) is 4. The normalized spacial score (nSPS) is 12.1. The summed E-state index contributed by atoms with van der Waals surface area (Å²) in [4.78, 5) is 12.5. The van der Waals surface area contributed by atoms with Gasteiger partial charge < -0.3 is 14.5 Å². The largest absolute Gasteiger partial charge is 0.455 e. The molecule has 1 amide bonds. The predicted molar refractivity (Wildman–Crippen MR) is 93.7 cm³/mol. The Kier molecular flexibility index (Phi) is 7.49. The van der Waals surface area contributed by atoms with Crippen molar-refractivity contribution < 1.29 is 18.2 Å². The average Bonchev–Trinajstić information content (AvgIpc) is 3.03. The number of hydrogen-bond donors (Lipinski definition) is 1. The minimum absolute atomic E-state index is 0.168. The van der Waals surface area contributed by atoms with Crippen molar-refractivity contribution in [3.05, 3.63) is 52.9 Å². The third-order valence-corrected chi connectivity index (χ3v) is 5.03. The van der Waals surface area contributed by atoms with Gasteiger partial charge in [-0.2, -0.15) is 0 Å². The summed E-state index contributed by atoms with van der Waals surface area (Å²) in [6.45, 7) is 3.71. The molecule has 24 heavy (non-hydrogen) atoms. The van der Waals surface area contributed by atoms with E-state index in [1.165, 1.54) is 0 Å². The van der Waals surface area contributed by atoms with Crippen molar-refractivity contribution in [2.75, 3.05) is 19.8 Å². The second-order valence-corrected chi connectivity index (χ2v) is 6.82. The van der Waals surface area contributed by atoms with E-state index in [2.05, 4.69) is 5.32 Å². The summed E-state index contributed by atoms with van der Waals surface area (Å²) in [6, 6.07) is 10.2. The highest BCUT2D eigenvalue weighted by molar-refractivity contribution is 7.84. The lowest BCUT2D eigenvalue weighted by atomic mass is 10.4. The third-order valence-electron chi connectivity index (χ3n) is 3.20. The second-order valence-electron chi connectivity index (χ2n) is 4.99. The molecule has 2 aromatic rings. The van der Waals surface area contributed by atoms with E-state index in [4.69, 9.17) is 20.8 Å². The van der Waals surface area contributed by atoms with Crippen molar-refractivity contribution in [1.82, 2.24) is 5.32 Å². The first-order valence-electron chi connectivity index (χ1n) is 7.69. The number of nitrogens with one attached hydrogen (secondary N) is 1. The van der Waals surface area contributed by atoms with Crippen LogP contribution in [0.3, 0.4) is 0 Å². The molecule has 1 N–H and O–H groups in total. The monoisotopic (exact) mass is 369 g/mol. The Morgan fingerprint density at radius 1 is 1.29 bits per heavy atom. The molecule has 0 spiro atoms. The maximum Gasteiger partial charge on any atom is 0.286 e. The standard InChI is InChI=1S/C17H20ClNO4S/c1-2-22-11-5-10-19-17(20)15-9-8-13(23-15)12-24(21)16-7-4-3-6-14(16)18/h3-4,6-9H,2,5,10-12H2,1H3,(H,19,20). The van der Waals surface area contributed by atoms with Gasteiger partial charge in [0.2, 0.25) is 0 Å². The number of halogens is 1. The first-order valence-corrected chi connectivity index (χ1v) is 9.39. The van der Waals surface area contributed by atoms with E-state index in [-0.39, 0.29) is 17.4 Å². The van der Waals surface area contributed by atoms with Gasteiger partial charge >= 0.3 is 0 Å². The van der Waals surface area contributed by atoms with Crippen LogP contribution in [0, 0.1) is 0 Å². The number of carbonyl (C=O) groups excluding carboxylic acids is 1. The molecule has 5 nitrogen and oxygen atoms in total. The number of ether oxygens (including phenoxy) is 1. The Hall–Kier alpha value is -1.63. The van der Waals surface area contributed by atoms with E-state index in [0.717, 1.165) is 6.42 Å². The van der Waals surface area contributed by atoms with Crippen LogP contribution in [0.15, 0.2) is 45.7 Å². The van der Waals surface area contributed by atoms with E-state index < -0.39 is 10.8 Å². The number of rotatable bonds is 9. The van der Waals surface area contributed by atoms with E-state index in [1.54, 1.807) is 36.4 Å². The molecular weight excluding hydrogens is 350 g/mol. The van der Waals surface area contributed by atoms with E-state index in [0.29, 0.717) is 35.4 Å². The topological polar surface area (TPSA) is 68.5 Å². The molecular formula is C17H20ClNO4S. The van der Waals surface area contributed by atoms with Gasteiger partial charge in [0.25, 0.3) is 5.91 Å². The molecule has 1 atom stereocenters. The number of amides is 1. The smallest absolute Gasteiger partial charge is 0.286 e. The van der Waals surface area contributed by atoms with Crippen LogP contribution in [-0.4, -0.2) is 29.9 Å². The Labute approximate surface area is 148 Å². The SMILES string of the molecule is CCOCCCNC(=O)c1ccc(CS(=O)c2ccccc2Cl)o1. The molecule has 1 heterocycles. The van der Waals surface area contributed by atoms with Crippen molar-refractivity contribution in [3.63, 3.8) is 0 Å². The molecule has 130 valence electrons. The van der Waals surface area contributed by atoms with Gasteiger partial charge in [-0.3, -0.25) is 9.00 Å². The van der Waals surface area contributed by atoms with Crippen LogP contribution < -0.4 is 5.32 Å². The van der Waals surface area contributed by atoms with Gasteiger partial charge in [-0.25, -0.2) is 0 Å². The average molecular weight is 370 g/mol. The molecule has 0 saturated carbocycles. The van der Waals surface area contributed by atoms with Crippen molar-refractivity contribution in [3.8, 4) is 0 Å². The molecule has 0 saturated heterocycles. The van der Waals surface area contributed by atoms with Crippen LogP contribution in [0.4, 0.5) is 0 Å². The summed E-state index contributed by atoms with van der Waals surface area (Å²) < 4.78 is 23.0. The van der Waals surface area contributed by atoms with Crippen LogP contribution in [0.2, 0.25) is 5.02 Å². The molecule has 1 unspecified atom stereocenters. The minimum Gasteiger partial charge on any atom is -0.455 e. The van der Waals surface area contributed by atoms with E-state index >= 15 is 0 Å². The zero-order valence-corrected chi connectivity index (χ0v) is 15.0. The molecule has 1 aromatic carbocycles. The van der Waals surface area contributed by atoms with Crippen LogP contribution in [0.5, 0.6) is 0 Å². The maximum atomic E-state index is 12.3. The van der Waals surface area contributed by atoms with E-state index in [1.807, 2.05) is 6.92 Å². The van der Waals surface area contributed by atoms with Gasteiger partial charge in [0, 0.05) is 19.8 Å². The Morgan fingerprint density at radius 3 is 2.83 bits per heavy atom. The summed E-state index contributed by atoms with van der Waals surface area (Å²) in [5, 5.41) is 3.21. The van der Waals surface area contributed by atoms with E-state index in [9.17, 15) is 9.00 Å². The summed E-state index contributed by atoms with van der Waals surface area (Å²) >= 11 is 6.04. The van der Waals surface area contributed by atoms with Crippen LogP contribution in [0.1, 0.15) is 29.7 Å². The summed E-state index contributed by atoms with van der Waals surface area (Å²) in [6.07, 6.45) is 0.740. The number of benzene rings is 1. The van der Waals surface area contributed by atoms with Crippen LogP contribution in [0.25, 0.3) is 0 Å². The molecule has 0 aliphatic rings. The maximum absolute atomic E-state index is 12.3. The fourth-order valence-electron chi connectivity index (χ4n) is 2.02. The highest BCUT2D eigenvalue weighted by atomic mass is 35.5. The number of carbonyl (C=O) groups is 1. The fraction of sp³-hybridized carbons (Fsp3) is 0.353. The van der Waals surface area contributed by atoms with Gasteiger partial charge in [0.1, 0.15) is 5.76 Å². The number of furan rings is 1. The molecule has 1 aromatic heterocycles. The lowest BCUT2D eigenvalue weighted by Crippen LogP contribution is -2.24. The Balaban J connectivity index is 1.87.